The van der Waals surface area contributed by atoms with Crippen molar-refractivity contribution in [3.8, 4) is 0 Å². The molecule has 1 aliphatic rings. The molecule has 0 bridgehead atoms. The molecule has 3 aromatic rings. The highest BCUT2D eigenvalue weighted by Crippen LogP contribution is 2.16. The first-order valence-corrected chi connectivity index (χ1v) is 12.3. The number of amides is 1. The summed E-state index contributed by atoms with van der Waals surface area (Å²) in [6.45, 7) is 3.08. The van der Waals surface area contributed by atoms with Gasteiger partial charge in [0.1, 0.15) is 5.82 Å². The maximum Gasteiger partial charge on any atom is 0.258 e. The van der Waals surface area contributed by atoms with Crippen molar-refractivity contribution in [2.75, 3.05) is 19.7 Å². The van der Waals surface area contributed by atoms with E-state index in [1.54, 1.807) is 37.3 Å². The SMILES string of the molecule is CCN(Cc1nc2ccccc2c(=O)[nH]1)C(=O)c1cccc(S(=O)(=O)NC[C@H]2CCCO2)c1. The Bertz CT molecular complexity index is 1320. The van der Waals surface area contributed by atoms with Crippen LogP contribution in [0.1, 0.15) is 35.9 Å². The summed E-state index contributed by atoms with van der Waals surface area (Å²) in [6, 6.07) is 12.9. The quantitative estimate of drug-likeness (QED) is 0.520. The van der Waals surface area contributed by atoms with Crippen LogP contribution in [0.4, 0.5) is 0 Å². The highest BCUT2D eigenvalue weighted by molar-refractivity contribution is 7.89. The Kier molecular flexibility index (Phi) is 6.87. The van der Waals surface area contributed by atoms with Crippen LogP contribution in [0.5, 0.6) is 0 Å². The third-order valence-electron chi connectivity index (χ3n) is 5.59. The van der Waals surface area contributed by atoms with E-state index in [4.69, 9.17) is 4.74 Å². The zero-order valence-electron chi connectivity index (χ0n) is 18.3. The van der Waals surface area contributed by atoms with Gasteiger partial charge in [0.25, 0.3) is 11.5 Å². The van der Waals surface area contributed by atoms with Crippen LogP contribution in [0.3, 0.4) is 0 Å². The summed E-state index contributed by atoms with van der Waals surface area (Å²) in [6.07, 6.45) is 1.61. The Hall–Kier alpha value is -3.08. The van der Waals surface area contributed by atoms with Gasteiger partial charge in [0.15, 0.2) is 0 Å². The number of fused-ring (bicyclic) bond motifs is 1. The predicted molar refractivity (Wildman–Crippen MR) is 123 cm³/mol. The van der Waals surface area contributed by atoms with Gasteiger partial charge in [-0.05, 0) is 50.1 Å². The van der Waals surface area contributed by atoms with Crippen molar-refractivity contribution in [1.82, 2.24) is 19.6 Å². The lowest BCUT2D eigenvalue weighted by Gasteiger charge is -2.21. The van der Waals surface area contributed by atoms with Crippen LogP contribution < -0.4 is 10.3 Å². The number of ether oxygens (including phenoxy) is 1. The number of rotatable bonds is 8. The number of carbonyl (C=O) groups excluding carboxylic acids is 1. The molecule has 1 atom stereocenters. The van der Waals surface area contributed by atoms with E-state index in [1.165, 1.54) is 23.1 Å². The number of H-pyrrole nitrogens is 1. The molecule has 0 aliphatic carbocycles. The lowest BCUT2D eigenvalue weighted by Crippen LogP contribution is -2.33. The van der Waals surface area contributed by atoms with Gasteiger partial charge in [0.05, 0.1) is 28.4 Å². The van der Waals surface area contributed by atoms with Crippen molar-refractivity contribution in [3.63, 3.8) is 0 Å². The predicted octanol–water partition coefficient (Wildman–Crippen LogP) is 2.04. The number of nitrogens with one attached hydrogen (secondary N) is 2. The fourth-order valence-corrected chi connectivity index (χ4v) is 4.90. The molecule has 10 heteroatoms. The lowest BCUT2D eigenvalue weighted by atomic mass is 10.2. The molecule has 0 unspecified atom stereocenters. The first kappa shape index (κ1) is 23.1. The van der Waals surface area contributed by atoms with Gasteiger partial charge in [0, 0.05) is 25.3 Å². The fourth-order valence-electron chi connectivity index (χ4n) is 3.79. The van der Waals surface area contributed by atoms with E-state index in [9.17, 15) is 18.0 Å². The van der Waals surface area contributed by atoms with Crippen molar-refractivity contribution in [2.45, 2.75) is 37.3 Å². The molecule has 1 amide bonds. The minimum Gasteiger partial charge on any atom is -0.377 e. The number of hydrogen-bond acceptors (Lipinski definition) is 6. The molecule has 174 valence electrons. The van der Waals surface area contributed by atoms with Crippen LogP contribution in [-0.2, 0) is 21.3 Å². The van der Waals surface area contributed by atoms with E-state index in [0.29, 0.717) is 29.9 Å². The zero-order valence-corrected chi connectivity index (χ0v) is 19.1. The van der Waals surface area contributed by atoms with Gasteiger partial charge in [-0.3, -0.25) is 9.59 Å². The smallest absolute Gasteiger partial charge is 0.258 e. The monoisotopic (exact) mass is 470 g/mol. The Morgan fingerprint density at radius 1 is 1.24 bits per heavy atom. The molecule has 0 saturated carbocycles. The van der Waals surface area contributed by atoms with Crippen molar-refractivity contribution in [1.29, 1.82) is 0 Å². The maximum absolute atomic E-state index is 13.1. The molecule has 2 aromatic carbocycles. The number of hydrogen-bond donors (Lipinski definition) is 2. The summed E-state index contributed by atoms with van der Waals surface area (Å²) in [5.74, 6) is 0.000361. The Labute approximate surface area is 191 Å². The molecule has 2 N–H and O–H groups in total. The van der Waals surface area contributed by atoms with E-state index >= 15 is 0 Å². The number of benzene rings is 2. The molecule has 0 radical (unpaired) electrons. The van der Waals surface area contributed by atoms with E-state index in [0.717, 1.165) is 12.8 Å². The highest BCUT2D eigenvalue weighted by atomic mass is 32.2. The average Bonchev–Trinajstić information content (AvgIpc) is 3.35. The molecule has 1 aliphatic heterocycles. The number of aromatic amines is 1. The summed E-state index contributed by atoms with van der Waals surface area (Å²) < 4.78 is 33.5. The van der Waals surface area contributed by atoms with Crippen molar-refractivity contribution in [3.05, 3.63) is 70.3 Å². The second-order valence-corrected chi connectivity index (χ2v) is 9.63. The lowest BCUT2D eigenvalue weighted by molar-refractivity contribution is 0.0748. The van der Waals surface area contributed by atoms with E-state index in [1.807, 2.05) is 0 Å². The second-order valence-electron chi connectivity index (χ2n) is 7.86. The van der Waals surface area contributed by atoms with Gasteiger partial charge in [-0.2, -0.15) is 0 Å². The average molecular weight is 471 g/mol. The van der Waals surface area contributed by atoms with Crippen LogP contribution in [0, 0.1) is 0 Å². The standard InChI is InChI=1S/C23H26N4O5S/c1-2-27(15-21-25-20-11-4-3-10-19(20)22(28)26-21)23(29)16-7-5-9-18(13-16)33(30,31)24-14-17-8-6-12-32-17/h3-5,7,9-11,13,17,24H,2,6,8,12,14-15H2,1H3,(H,25,26,28)/t17-/m1/s1. The van der Waals surface area contributed by atoms with Gasteiger partial charge >= 0.3 is 0 Å². The van der Waals surface area contributed by atoms with Gasteiger partial charge < -0.3 is 14.6 Å². The van der Waals surface area contributed by atoms with Crippen molar-refractivity contribution < 1.29 is 17.9 Å². The van der Waals surface area contributed by atoms with Gasteiger partial charge in [-0.25, -0.2) is 18.1 Å². The first-order chi connectivity index (χ1) is 15.9. The molecule has 33 heavy (non-hydrogen) atoms. The van der Waals surface area contributed by atoms with Crippen LogP contribution in [0.15, 0.2) is 58.2 Å². The normalized spacial score (nSPS) is 16.2. The van der Waals surface area contributed by atoms with E-state index in [-0.39, 0.29) is 41.1 Å². The maximum atomic E-state index is 13.1. The number of carbonyl (C=O) groups is 1. The largest absolute Gasteiger partial charge is 0.377 e. The molecule has 1 aromatic heterocycles. The minimum atomic E-state index is -3.79. The molecule has 2 heterocycles. The number of aromatic nitrogens is 2. The molecule has 1 fully saturated rings. The van der Waals surface area contributed by atoms with Gasteiger partial charge in [-0.15, -0.1) is 0 Å². The molecule has 9 nitrogen and oxygen atoms in total. The molecule has 1 saturated heterocycles. The third kappa shape index (κ3) is 5.29. The molecule has 4 rings (SSSR count). The van der Waals surface area contributed by atoms with E-state index in [2.05, 4.69) is 14.7 Å². The van der Waals surface area contributed by atoms with Crippen LogP contribution in [0.2, 0.25) is 0 Å². The summed E-state index contributed by atoms with van der Waals surface area (Å²) in [4.78, 5) is 34.2. The molecular weight excluding hydrogens is 444 g/mol. The summed E-state index contributed by atoms with van der Waals surface area (Å²) in [5, 5.41) is 0.476. The van der Waals surface area contributed by atoms with E-state index < -0.39 is 10.0 Å². The first-order valence-electron chi connectivity index (χ1n) is 10.9. The van der Waals surface area contributed by atoms with Crippen LogP contribution in [-0.4, -0.2) is 55.0 Å². The third-order valence-corrected chi connectivity index (χ3v) is 7.01. The Morgan fingerprint density at radius 3 is 2.82 bits per heavy atom. The highest BCUT2D eigenvalue weighted by Gasteiger charge is 2.22. The fraction of sp³-hybridized carbons (Fsp3) is 0.348. The second kappa shape index (κ2) is 9.82. The minimum absolute atomic E-state index is 0.0136. The number of nitrogens with zero attached hydrogens (tertiary/aromatic N) is 2. The van der Waals surface area contributed by atoms with Crippen LogP contribution >= 0.6 is 0 Å². The molecular formula is C23H26N4O5S. The number of sulfonamides is 1. The van der Waals surface area contributed by atoms with Gasteiger partial charge in [0.2, 0.25) is 10.0 Å². The topological polar surface area (TPSA) is 121 Å². The summed E-state index contributed by atoms with van der Waals surface area (Å²) in [5.41, 5.74) is 0.509. The van der Waals surface area contributed by atoms with Gasteiger partial charge in [-0.1, -0.05) is 18.2 Å². The Morgan fingerprint density at radius 2 is 2.06 bits per heavy atom. The Balaban J connectivity index is 1.52. The van der Waals surface area contributed by atoms with Crippen molar-refractivity contribution >= 4 is 26.8 Å². The summed E-state index contributed by atoms with van der Waals surface area (Å²) in [7, 11) is -3.79. The molecule has 0 spiro atoms. The van der Waals surface area contributed by atoms with Crippen LogP contribution in [0.25, 0.3) is 10.9 Å². The number of para-hydroxylation sites is 1. The zero-order chi connectivity index (χ0) is 23.4. The van der Waals surface area contributed by atoms with Crippen molar-refractivity contribution in [2.24, 2.45) is 0 Å². The summed E-state index contributed by atoms with van der Waals surface area (Å²) >= 11 is 0.